The maximum absolute atomic E-state index is 13.0. The minimum absolute atomic E-state index is 0.0419. The number of hydrogen-bond acceptors (Lipinski definition) is 10. The van der Waals surface area contributed by atoms with E-state index in [2.05, 4.69) is 10.6 Å². The predicted molar refractivity (Wildman–Crippen MR) is 140 cm³/mol. The molecule has 2 amide bonds. The van der Waals surface area contributed by atoms with Crippen LogP contribution in [-0.2, 0) is 19.2 Å². The number of benzene rings is 3. The molecule has 0 aliphatic rings. The Morgan fingerprint density at radius 2 is 0.800 bits per heavy atom. The SMILES string of the molecule is CC(=O)Oc1ccc(C(=O)Nc2ccccc2NC(=O)c2ccc(OC(C)=O)c(OC(C)=O)c2)cc1OC(C)=O. The molecule has 0 saturated carbocycles. The van der Waals surface area contributed by atoms with E-state index in [1.807, 2.05) is 0 Å². The van der Waals surface area contributed by atoms with E-state index in [0.717, 1.165) is 13.8 Å². The highest BCUT2D eigenvalue weighted by Gasteiger charge is 2.18. The normalized spacial score (nSPS) is 10.1. The number of anilines is 2. The third kappa shape index (κ3) is 7.99. The molecule has 0 atom stereocenters. The molecule has 3 aromatic rings. The monoisotopic (exact) mass is 548 g/mol. The Bertz CT molecular complexity index is 1400. The highest BCUT2D eigenvalue weighted by Crippen LogP contribution is 2.31. The largest absolute Gasteiger partial charge is 0.423 e. The maximum Gasteiger partial charge on any atom is 0.308 e. The van der Waals surface area contributed by atoms with Crippen LogP contribution in [0, 0.1) is 0 Å². The number of nitrogens with one attached hydrogen (secondary N) is 2. The fourth-order valence-corrected chi connectivity index (χ4v) is 3.34. The molecule has 12 heteroatoms. The van der Waals surface area contributed by atoms with Crippen molar-refractivity contribution >= 4 is 47.1 Å². The summed E-state index contributed by atoms with van der Waals surface area (Å²) in [6.45, 7) is 4.66. The van der Waals surface area contributed by atoms with E-state index in [4.69, 9.17) is 18.9 Å². The van der Waals surface area contributed by atoms with Crippen LogP contribution in [0.5, 0.6) is 23.0 Å². The van der Waals surface area contributed by atoms with Crippen LogP contribution in [0.15, 0.2) is 60.7 Å². The van der Waals surface area contributed by atoms with E-state index in [1.165, 1.54) is 50.2 Å². The first-order chi connectivity index (χ1) is 18.9. The fraction of sp³-hybridized carbons (Fsp3) is 0.143. The fourth-order valence-electron chi connectivity index (χ4n) is 3.34. The number of ether oxygens (including phenoxy) is 4. The molecule has 0 bridgehead atoms. The molecule has 0 unspecified atom stereocenters. The third-order valence-electron chi connectivity index (χ3n) is 4.85. The second-order valence-corrected chi connectivity index (χ2v) is 8.15. The molecule has 0 saturated heterocycles. The average molecular weight is 549 g/mol. The van der Waals surface area contributed by atoms with Gasteiger partial charge in [0.25, 0.3) is 11.8 Å². The third-order valence-corrected chi connectivity index (χ3v) is 4.85. The summed E-state index contributed by atoms with van der Waals surface area (Å²) in [6.07, 6.45) is 0. The molecule has 0 aliphatic heterocycles. The number of carbonyl (C=O) groups is 6. The van der Waals surface area contributed by atoms with E-state index < -0.39 is 35.7 Å². The summed E-state index contributed by atoms with van der Waals surface area (Å²) < 4.78 is 20.2. The van der Waals surface area contributed by atoms with Gasteiger partial charge >= 0.3 is 23.9 Å². The van der Waals surface area contributed by atoms with Crippen LogP contribution in [0.3, 0.4) is 0 Å². The van der Waals surface area contributed by atoms with Gasteiger partial charge in [0, 0.05) is 38.8 Å². The maximum atomic E-state index is 13.0. The summed E-state index contributed by atoms with van der Waals surface area (Å²) in [5.74, 6) is -4.23. The molecule has 0 heterocycles. The van der Waals surface area contributed by atoms with Gasteiger partial charge in [0.1, 0.15) is 0 Å². The molecule has 0 aromatic heterocycles. The number of para-hydroxylation sites is 2. The molecular formula is C28H24N2O10. The van der Waals surface area contributed by atoms with E-state index in [0.29, 0.717) is 0 Å². The quantitative estimate of drug-likeness (QED) is 0.312. The highest BCUT2D eigenvalue weighted by atomic mass is 16.6. The Balaban J connectivity index is 1.84. The molecule has 0 fully saturated rings. The molecule has 0 radical (unpaired) electrons. The molecule has 0 spiro atoms. The van der Waals surface area contributed by atoms with E-state index in [1.54, 1.807) is 24.3 Å². The number of rotatable bonds is 8. The Hall–Kier alpha value is -5.52. The van der Waals surface area contributed by atoms with Gasteiger partial charge < -0.3 is 29.6 Å². The van der Waals surface area contributed by atoms with Crippen LogP contribution in [0.1, 0.15) is 48.4 Å². The van der Waals surface area contributed by atoms with Gasteiger partial charge in [-0.15, -0.1) is 0 Å². The van der Waals surface area contributed by atoms with E-state index >= 15 is 0 Å². The van der Waals surface area contributed by atoms with Crippen LogP contribution in [0.25, 0.3) is 0 Å². The highest BCUT2D eigenvalue weighted by molar-refractivity contribution is 6.10. The van der Waals surface area contributed by atoms with Crippen LogP contribution >= 0.6 is 0 Å². The second kappa shape index (κ2) is 12.8. The summed E-state index contributed by atoms with van der Waals surface area (Å²) in [6, 6.07) is 14.2. The molecule has 2 N–H and O–H groups in total. The van der Waals surface area contributed by atoms with Crippen molar-refractivity contribution in [3.8, 4) is 23.0 Å². The molecule has 206 valence electrons. The van der Waals surface area contributed by atoms with Gasteiger partial charge in [-0.1, -0.05) is 12.1 Å². The van der Waals surface area contributed by atoms with Crippen LogP contribution < -0.4 is 29.6 Å². The summed E-state index contributed by atoms with van der Waals surface area (Å²) in [5.41, 5.74) is 0.604. The number of carbonyl (C=O) groups excluding carboxylic acids is 6. The van der Waals surface area contributed by atoms with Crippen LogP contribution in [0.4, 0.5) is 11.4 Å². The zero-order chi connectivity index (χ0) is 29.4. The lowest BCUT2D eigenvalue weighted by Gasteiger charge is -2.14. The first-order valence-electron chi connectivity index (χ1n) is 11.7. The average Bonchev–Trinajstić information content (AvgIpc) is 2.86. The minimum Gasteiger partial charge on any atom is -0.423 e. The van der Waals surface area contributed by atoms with Crippen molar-refractivity contribution in [2.24, 2.45) is 0 Å². The number of esters is 4. The van der Waals surface area contributed by atoms with Gasteiger partial charge in [-0.2, -0.15) is 0 Å². The smallest absolute Gasteiger partial charge is 0.308 e. The predicted octanol–water partition coefficient (Wildman–Crippen LogP) is 3.89. The van der Waals surface area contributed by atoms with E-state index in [9.17, 15) is 28.8 Å². The Morgan fingerprint density at radius 1 is 0.475 bits per heavy atom. The first kappa shape index (κ1) is 29.0. The van der Waals surface area contributed by atoms with Crippen LogP contribution in [-0.4, -0.2) is 35.7 Å². The Labute approximate surface area is 228 Å². The van der Waals surface area contributed by atoms with Gasteiger partial charge in [0.2, 0.25) is 0 Å². The lowest BCUT2D eigenvalue weighted by molar-refractivity contribution is -0.134. The van der Waals surface area contributed by atoms with Crippen molar-refractivity contribution in [2.45, 2.75) is 27.7 Å². The van der Waals surface area contributed by atoms with Gasteiger partial charge in [-0.05, 0) is 48.5 Å². The zero-order valence-electron chi connectivity index (χ0n) is 21.9. The summed E-state index contributed by atoms with van der Waals surface area (Å²) >= 11 is 0. The zero-order valence-corrected chi connectivity index (χ0v) is 21.9. The van der Waals surface area contributed by atoms with Crippen molar-refractivity contribution in [1.82, 2.24) is 0 Å². The molecule has 3 aromatic carbocycles. The van der Waals surface area contributed by atoms with Gasteiger partial charge in [0.05, 0.1) is 11.4 Å². The van der Waals surface area contributed by atoms with Crippen molar-refractivity contribution in [3.05, 3.63) is 71.8 Å². The van der Waals surface area contributed by atoms with Gasteiger partial charge in [-0.3, -0.25) is 28.8 Å². The van der Waals surface area contributed by atoms with Crippen molar-refractivity contribution in [2.75, 3.05) is 10.6 Å². The Kier molecular flexibility index (Phi) is 9.31. The van der Waals surface area contributed by atoms with Gasteiger partial charge in [-0.25, -0.2) is 0 Å². The van der Waals surface area contributed by atoms with Crippen molar-refractivity contribution in [1.29, 1.82) is 0 Å². The first-order valence-corrected chi connectivity index (χ1v) is 11.7. The van der Waals surface area contributed by atoms with E-state index in [-0.39, 0.29) is 45.5 Å². The lowest BCUT2D eigenvalue weighted by Crippen LogP contribution is -2.17. The summed E-state index contributed by atoms with van der Waals surface area (Å²) in [5, 5.41) is 5.33. The number of hydrogen-bond donors (Lipinski definition) is 2. The number of amides is 2. The minimum atomic E-state index is -0.684. The summed E-state index contributed by atoms with van der Waals surface area (Å²) in [4.78, 5) is 71.7. The topological polar surface area (TPSA) is 163 Å². The Morgan fingerprint density at radius 3 is 1.12 bits per heavy atom. The molecule has 3 rings (SSSR count). The molecule has 0 aliphatic carbocycles. The van der Waals surface area contributed by atoms with Crippen molar-refractivity contribution in [3.63, 3.8) is 0 Å². The molecule has 12 nitrogen and oxygen atoms in total. The second-order valence-electron chi connectivity index (χ2n) is 8.15. The molecular weight excluding hydrogens is 524 g/mol. The summed E-state index contributed by atoms with van der Waals surface area (Å²) in [7, 11) is 0. The van der Waals surface area contributed by atoms with Crippen molar-refractivity contribution < 1.29 is 47.7 Å². The standard InChI is InChI=1S/C28H24N2O10/c1-15(31)37-23-11-9-19(13-25(23)39-17(3)33)27(35)29-21-7-5-6-8-22(21)30-28(36)20-10-12-24(38-16(2)32)26(14-20)40-18(4)34/h5-14H,1-4H3,(H,29,35)(H,30,36). The van der Waals surface area contributed by atoms with Gasteiger partial charge in [0.15, 0.2) is 23.0 Å². The lowest BCUT2D eigenvalue weighted by atomic mass is 10.1. The molecule has 40 heavy (non-hydrogen) atoms. The van der Waals surface area contributed by atoms with Crippen LogP contribution in [0.2, 0.25) is 0 Å².